The van der Waals surface area contributed by atoms with Gasteiger partial charge in [0, 0.05) is 51.0 Å². The first kappa shape index (κ1) is 22.1. The summed E-state index contributed by atoms with van der Waals surface area (Å²) in [6, 6.07) is 5.78. The third kappa shape index (κ3) is 6.42. The van der Waals surface area contributed by atoms with Crippen LogP contribution in [0.2, 0.25) is 5.02 Å². The first-order valence-corrected chi connectivity index (χ1v) is 12.3. The minimum absolute atomic E-state index is 0.0767. The molecule has 1 aromatic rings. The standard InChI is InChI=1S/C16H24ClN3O5S2/c1-18(27(24,25)15-5-3-14(17)4-6-15)13-16(21)20-9-7-19(8-10-20)11-12-26(2,22)23/h3-6H,7-13H2,1-2H3. The van der Waals surface area contributed by atoms with E-state index in [0.717, 1.165) is 4.31 Å². The van der Waals surface area contributed by atoms with Crippen LogP contribution in [-0.2, 0) is 24.7 Å². The summed E-state index contributed by atoms with van der Waals surface area (Å²) >= 11 is 5.78. The average Bonchev–Trinajstić information content (AvgIpc) is 2.60. The van der Waals surface area contributed by atoms with Gasteiger partial charge < -0.3 is 4.90 Å². The van der Waals surface area contributed by atoms with Crippen LogP contribution in [0.5, 0.6) is 0 Å². The van der Waals surface area contributed by atoms with Gasteiger partial charge in [-0.3, -0.25) is 9.69 Å². The first-order chi connectivity index (χ1) is 12.5. The molecular weight excluding hydrogens is 414 g/mol. The Labute approximate surface area is 165 Å². The van der Waals surface area contributed by atoms with Gasteiger partial charge in [0.2, 0.25) is 15.9 Å². The van der Waals surface area contributed by atoms with Crippen molar-refractivity contribution in [3.05, 3.63) is 29.3 Å². The van der Waals surface area contributed by atoms with Crippen LogP contribution in [0.25, 0.3) is 0 Å². The molecular formula is C16H24ClN3O5S2. The fourth-order valence-electron chi connectivity index (χ4n) is 2.68. The van der Waals surface area contributed by atoms with Gasteiger partial charge in [0.15, 0.2) is 0 Å². The van der Waals surface area contributed by atoms with Crippen molar-refractivity contribution in [3.63, 3.8) is 0 Å². The van der Waals surface area contributed by atoms with Crippen molar-refractivity contribution in [3.8, 4) is 0 Å². The van der Waals surface area contributed by atoms with Crippen molar-refractivity contribution in [2.75, 3.05) is 58.3 Å². The van der Waals surface area contributed by atoms with E-state index >= 15 is 0 Å². The molecule has 0 bridgehead atoms. The van der Waals surface area contributed by atoms with Crippen LogP contribution in [0.1, 0.15) is 0 Å². The first-order valence-electron chi connectivity index (χ1n) is 8.39. The van der Waals surface area contributed by atoms with Crippen LogP contribution in [0.4, 0.5) is 0 Å². The Kier molecular flexibility index (Phi) is 7.26. The highest BCUT2D eigenvalue weighted by Crippen LogP contribution is 2.17. The van der Waals surface area contributed by atoms with Gasteiger partial charge >= 0.3 is 0 Å². The monoisotopic (exact) mass is 437 g/mol. The van der Waals surface area contributed by atoms with Crippen molar-refractivity contribution in [1.29, 1.82) is 0 Å². The summed E-state index contributed by atoms with van der Waals surface area (Å²) in [5.41, 5.74) is 0. The number of sulfone groups is 1. The summed E-state index contributed by atoms with van der Waals surface area (Å²) in [5.74, 6) is -0.193. The fourth-order valence-corrected chi connectivity index (χ4v) is 4.51. The second-order valence-corrected chi connectivity index (χ2v) is 11.3. The zero-order chi connectivity index (χ0) is 20.2. The number of nitrogens with zero attached hydrogens (tertiary/aromatic N) is 3. The molecule has 1 aliphatic heterocycles. The molecule has 0 radical (unpaired) electrons. The molecule has 8 nitrogen and oxygen atoms in total. The van der Waals surface area contributed by atoms with E-state index < -0.39 is 19.9 Å². The summed E-state index contributed by atoms with van der Waals surface area (Å²) in [4.78, 5) is 16.1. The molecule has 1 aromatic carbocycles. The van der Waals surface area contributed by atoms with Crippen molar-refractivity contribution >= 4 is 37.4 Å². The molecule has 0 N–H and O–H groups in total. The lowest BCUT2D eigenvalue weighted by Gasteiger charge is -2.35. The van der Waals surface area contributed by atoms with Gasteiger partial charge in [-0.1, -0.05) is 11.6 Å². The Morgan fingerprint density at radius 3 is 2.15 bits per heavy atom. The van der Waals surface area contributed by atoms with Crippen LogP contribution >= 0.6 is 11.6 Å². The van der Waals surface area contributed by atoms with E-state index in [1.807, 2.05) is 4.90 Å². The summed E-state index contributed by atoms with van der Waals surface area (Å²) in [6.07, 6.45) is 1.20. The van der Waals surface area contributed by atoms with Crippen LogP contribution in [0.15, 0.2) is 29.2 Å². The molecule has 11 heteroatoms. The largest absolute Gasteiger partial charge is 0.339 e. The molecule has 1 fully saturated rings. The van der Waals surface area contributed by atoms with E-state index in [1.54, 1.807) is 4.90 Å². The Balaban J connectivity index is 1.89. The number of likely N-dealkylation sites (N-methyl/N-ethyl adjacent to an activating group) is 1. The maximum absolute atomic E-state index is 12.5. The Morgan fingerprint density at radius 2 is 1.63 bits per heavy atom. The molecule has 0 atom stereocenters. The molecule has 1 amide bonds. The highest BCUT2D eigenvalue weighted by Gasteiger charge is 2.27. The highest BCUT2D eigenvalue weighted by atomic mass is 35.5. The zero-order valence-electron chi connectivity index (χ0n) is 15.3. The molecule has 0 aliphatic carbocycles. The summed E-state index contributed by atoms with van der Waals surface area (Å²) < 4.78 is 48.6. The zero-order valence-corrected chi connectivity index (χ0v) is 17.7. The molecule has 1 aliphatic rings. The number of amides is 1. The Hall–Kier alpha value is -1.20. The predicted octanol–water partition coefficient (Wildman–Crippen LogP) is 0.149. The SMILES string of the molecule is CN(CC(=O)N1CCN(CCS(C)(=O)=O)CC1)S(=O)(=O)c1ccc(Cl)cc1. The number of sulfonamides is 1. The molecule has 0 spiro atoms. The molecule has 2 rings (SSSR count). The van der Waals surface area contributed by atoms with Crippen LogP contribution in [0, 0.1) is 0 Å². The normalized spacial score (nSPS) is 16.7. The number of hydrogen-bond acceptors (Lipinski definition) is 6. The van der Waals surface area contributed by atoms with E-state index in [1.165, 1.54) is 37.6 Å². The predicted molar refractivity (Wildman–Crippen MR) is 104 cm³/mol. The third-order valence-corrected chi connectivity index (χ3v) is 7.38. The Morgan fingerprint density at radius 1 is 1.07 bits per heavy atom. The summed E-state index contributed by atoms with van der Waals surface area (Å²) in [7, 11) is -5.43. The summed E-state index contributed by atoms with van der Waals surface area (Å²) in [6.45, 7) is 2.19. The lowest BCUT2D eigenvalue weighted by atomic mass is 10.3. The minimum atomic E-state index is -3.78. The van der Waals surface area contributed by atoms with Crippen molar-refractivity contribution in [1.82, 2.24) is 14.1 Å². The molecule has 0 unspecified atom stereocenters. The Bertz CT molecular complexity index is 864. The average molecular weight is 438 g/mol. The van der Waals surface area contributed by atoms with E-state index in [-0.39, 0.29) is 23.1 Å². The second-order valence-electron chi connectivity index (χ2n) is 6.57. The molecule has 0 aromatic heterocycles. The molecule has 1 saturated heterocycles. The highest BCUT2D eigenvalue weighted by molar-refractivity contribution is 7.90. The lowest BCUT2D eigenvalue weighted by Crippen LogP contribution is -2.52. The smallest absolute Gasteiger partial charge is 0.243 e. The third-order valence-electron chi connectivity index (χ3n) is 4.38. The maximum atomic E-state index is 12.5. The number of carbonyl (C=O) groups is 1. The fraction of sp³-hybridized carbons (Fsp3) is 0.562. The molecule has 152 valence electrons. The van der Waals surface area contributed by atoms with Gasteiger partial charge in [-0.15, -0.1) is 0 Å². The van der Waals surface area contributed by atoms with Crippen LogP contribution in [0.3, 0.4) is 0 Å². The quantitative estimate of drug-likeness (QED) is 0.602. The number of hydrogen-bond donors (Lipinski definition) is 0. The molecule has 27 heavy (non-hydrogen) atoms. The lowest BCUT2D eigenvalue weighted by molar-refractivity contribution is -0.132. The number of piperazine rings is 1. The van der Waals surface area contributed by atoms with Gasteiger partial charge in [0.25, 0.3) is 0 Å². The maximum Gasteiger partial charge on any atom is 0.243 e. The topological polar surface area (TPSA) is 95.1 Å². The van der Waals surface area contributed by atoms with E-state index in [2.05, 4.69) is 0 Å². The number of benzene rings is 1. The second kappa shape index (κ2) is 8.87. The van der Waals surface area contributed by atoms with Crippen molar-refractivity contribution < 1.29 is 21.6 Å². The van der Waals surface area contributed by atoms with Crippen LogP contribution in [-0.4, -0.2) is 95.2 Å². The van der Waals surface area contributed by atoms with Gasteiger partial charge in [-0.25, -0.2) is 16.8 Å². The van der Waals surface area contributed by atoms with Gasteiger partial charge in [-0.2, -0.15) is 4.31 Å². The van der Waals surface area contributed by atoms with Crippen molar-refractivity contribution in [2.45, 2.75) is 4.90 Å². The van der Waals surface area contributed by atoms with Crippen LogP contribution < -0.4 is 0 Å². The van der Waals surface area contributed by atoms with Gasteiger partial charge in [0.1, 0.15) is 9.84 Å². The van der Waals surface area contributed by atoms with E-state index in [0.29, 0.717) is 37.7 Å². The molecule has 1 heterocycles. The van der Waals surface area contributed by atoms with Crippen molar-refractivity contribution in [2.24, 2.45) is 0 Å². The van der Waals surface area contributed by atoms with Gasteiger partial charge in [0.05, 0.1) is 17.2 Å². The van der Waals surface area contributed by atoms with Gasteiger partial charge in [-0.05, 0) is 24.3 Å². The van der Waals surface area contributed by atoms with E-state index in [9.17, 15) is 21.6 Å². The minimum Gasteiger partial charge on any atom is -0.339 e. The number of rotatable bonds is 7. The molecule has 0 saturated carbocycles. The summed E-state index contributed by atoms with van der Waals surface area (Å²) in [5, 5.41) is 0.432. The number of carbonyl (C=O) groups excluding carboxylic acids is 1. The van der Waals surface area contributed by atoms with E-state index in [4.69, 9.17) is 11.6 Å². The number of halogens is 1.